The van der Waals surface area contributed by atoms with Crippen LogP contribution in [0.1, 0.15) is 25.1 Å². The first-order valence-electron chi connectivity index (χ1n) is 7.00. The lowest BCUT2D eigenvalue weighted by Crippen LogP contribution is -2.42. The average molecular weight is 259 g/mol. The van der Waals surface area contributed by atoms with E-state index in [1.54, 1.807) is 0 Å². The standard InChI is InChI=1S/C14H21N5/c1-17-10-7-15-14(17)12-18-8-3-2-5-13(18)11-19-9-4-6-16-19/h4,6-7,9-10,13H,2-3,5,8,11-12H2,1H3/t13-/m0/s1. The summed E-state index contributed by atoms with van der Waals surface area (Å²) in [5.41, 5.74) is 0. The maximum atomic E-state index is 4.44. The Labute approximate surface area is 113 Å². The number of hydrogen-bond donors (Lipinski definition) is 0. The molecule has 1 aliphatic rings. The van der Waals surface area contributed by atoms with Crippen LogP contribution in [0.5, 0.6) is 0 Å². The predicted molar refractivity (Wildman–Crippen MR) is 73.5 cm³/mol. The van der Waals surface area contributed by atoms with Gasteiger partial charge in [0.1, 0.15) is 5.82 Å². The van der Waals surface area contributed by atoms with E-state index in [0.29, 0.717) is 6.04 Å². The molecule has 0 bridgehead atoms. The number of nitrogens with zero attached hydrogens (tertiary/aromatic N) is 5. The van der Waals surface area contributed by atoms with Crippen LogP contribution in [0.15, 0.2) is 30.9 Å². The van der Waals surface area contributed by atoms with Crippen molar-refractivity contribution in [3.8, 4) is 0 Å². The van der Waals surface area contributed by atoms with Gasteiger partial charge in [-0.15, -0.1) is 0 Å². The van der Waals surface area contributed by atoms with Gasteiger partial charge in [0.25, 0.3) is 0 Å². The third kappa shape index (κ3) is 2.87. The molecule has 102 valence electrons. The lowest BCUT2D eigenvalue weighted by molar-refractivity contribution is 0.118. The summed E-state index contributed by atoms with van der Waals surface area (Å²) in [6, 6.07) is 2.57. The number of aryl methyl sites for hydroxylation is 1. The Balaban J connectivity index is 1.68. The predicted octanol–water partition coefficient (Wildman–Crippen LogP) is 1.67. The highest BCUT2D eigenvalue weighted by atomic mass is 15.3. The average Bonchev–Trinajstić information content (AvgIpc) is 3.05. The normalized spacial score (nSPS) is 20.8. The molecule has 0 aromatic carbocycles. The summed E-state index contributed by atoms with van der Waals surface area (Å²) < 4.78 is 4.15. The molecule has 2 aromatic rings. The molecule has 0 radical (unpaired) electrons. The molecule has 0 spiro atoms. The highest BCUT2D eigenvalue weighted by Gasteiger charge is 2.23. The minimum absolute atomic E-state index is 0.574. The van der Waals surface area contributed by atoms with Gasteiger partial charge in [-0.2, -0.15) is 5.10 Å². The zero-order valence-electron chi connectivity index (χ0n) is 11.4. The van der Waals surface area contributed by atoms with Crippen LogP contribution in [0.3, 0.4) is 0 Å². The van der Waals surface area contributed by atoms with Gasteiger partial charge < -0.3 is 4.57 Å². The molecule has 1 saturated heterocycles. The second-order valence-corrected chi connectivity index (χ2v) is 5.30. The second kappa shape index (κ2) is 5.57. The van der Waals surface area contributed by atoms with Gasteiger partial charge >= 0.3 is 0 Å². The smallest absolute Gasteiger partial charge is 0.122 e. The van der Waals surface area contributed by atoms with Crippen LogP contribution in [0.4, 0.5) is 0 Å². The summed E-state index contributed by atoms with van der Waals surface area (Å²) in [6.45, 7) is 3.09. The van der Waals surface area contributed by atoms with Crippen molar-refractivity contribution in [2.75, 3.05) is 6.54 Å². The summed E-state index contributed by atoms with van der Waals surface area (Å²) >= 11 is 0. The molecule has 5 heteroatoms. The number of hydrogen-bond acceptors (Lipinski definition) is 3. The van der Waals surface area contributed by atoms with E-state index >= 15 is 0 Å². The third-order valence-electron chi connectivity index (χ3n) is 3.97. The van der Waals surface area contributed by atoms with Crippen LogP contribution in [-0.4, -0.2) is 36.8 Å². The molecule has 2 aromatic heterocycles. The summed E-state index contributed by atoms with van der Waals surface area (Å²) in [7, 11) is 2.06. The van der Waals surface area contributed by atoms with E-state index < -0.39 is 0 Å². The SMILES string of the molecule is Cn1ccnc1CN1CCCC[C@H]1Cn1cccn1. The van der Waals surface area contributed by atoms with Crippen LogP contribution in [0.2, 0.25) is 0 Å². The molecule has 0 N–H and O–H groups in total. The van der Waals surface area contributed by atoms with E-state index in [1.165, 1.54) is 25.8 Å². The van der Waals surface area contributed by atoms with Crippen molar-refractivity contribution in [3.05, 3.63) is 36.7 Å². The molecule has 0 saturated carbocycles. The first-order valence-corrected chi connectivity index (χ1v) is 7.00. The summed E-state index contributed by atoms with van der Waals surface area (Å²) in [6.07, 6.45) is 11.7. The molecule has 3 rings (SSSR count). The molecular weight excluding hydrogens is 238 g/mol. The zero-order chi connectivity index (χ0) is 13.1. The zero-order valence-corrected chi connectivity index (χ0v) is 11.4. The Kier molecular flexibility index (Phi) is 3.64. The first-order chi connectivity index (χ1) is 9.33. The molecule has 5 nitrogen and oxygen atoms in total. The number of imidazole rings is 1. The maximum Gasteiger partial charge on any atom is 0.122 e. The quantitative estimate of drug-likeness (QED) is 0.838. The van der Waals surface area contributed by atoms with Crippen molar-refractivity contribution < 1.29 is 0 Å². The van der Waals surface area contributed by atoms with E-state index in [0.717, 1.165) is 18.9 Å². The first kappa shape index (κ1) is 12.4. The number of piperidine rings is 1. The third-order valence-corrected chi connectivity index (χ3v) is 3.97. The molecule has 0 unspecified atom stereocenters. The molecular formula is C14H21N5. The molecule has 0 amide bonds. The van der Waals surface area contributed by atoms with Gasteiger partial charge in [-0.1, -0.05) is 6.42 Å². The van der Waals surface area contributed by atoms with E-state index in [2.05, 4.69) is 26.6 Å². The van der Waals surface area contributed by atoms with Crippen molar-refractivity contribution in [3.63, 3.8) is 0 Å². The second-order valence-electron chi connectivity index (χ2n) is 5.30. The van der Waals surface area contributed by atoms with Crippen molar-refractivity contribution >= 4 is 0 Å². The molecule has 19 heavy (non-hydrogen) atoms. The van der Waals surface area contributed by atoms with Gasteiger partial charge in [-0.05, 0) is 25.5 Å². The maximum absolute atomic E-state index is 4.44. The Morgan fingerprint density at radius 1 is 1.26 bits per heavy atom. The summed E-state index contributed by atoms with van der Waals surface area (Å²) in [5, 5.41) is 4.33. The monoisotopic (exact) mass is 259 g/mol. The van der Waals surface area contributed by atoms with Gasteiger partial charge in [0.15, 0.2) is 0 Å². The number of likely N-dealkylation sites (tertiary alicyclic amines) is 1. The van der Waals surface area contributed by atoms with Crippen LogP contribution in [-0.2, 0) is 20.1 Å². The lowest BCUT2D eigenvalue weighted by atomic mass is 10.0. The van der Waals surface area contributed by atoms with Gasteiger partial charge in [0, 0.05) is 37.9 Å². The molecule has 1 fully saturated rings. The Bertz CT molecular complexity index is 502. The topological polar surface area (TPSA) is 38.9 Å². The minimum atomic E-state index is 0.574. The van der Waals surface area contributed by atoms with Crippen molar-refractivity contribution in [1.82, 2.24) is 24.2 Å². The van der Waals surface area contributed by atoms with Gasteiger partial charge in [0.05, 0.1) is 13.1 Å². The summed E-state index contributed by atoms with van der Waals surface area (Å²) in [4.78, 5) is 6.99. The van der Waals surface area contributed by atoms with E-state index in [-0.39, 0.29) is 0 Å². The molecule has 3 heterocycles. The van der Waals surface area contributed by atoms with Gasteiger partial charge in [-0.3, -0.25) is 9.58 Å². The van der Waals surface area contributed by atoms with Crippen LogP contribution >= 0.6 is 0 Å². The molecule has 1 aliphatic heterocycles. The van der Waals surface area contributed by atoms with Crippen molar-refractivity contribution in [1.29, 1.82) is 0 Å². The number of rotatable bonds is 4. The summed E-state index contributed by atoms with van der Waals surface area (Å²) in [5.74, 6) is 1.15. The Morgan fingerprint density at radius 3 is 2.95 bits per heavy atom. The van der Waals surface area contributed by atoms with Gasteiger partial charge in [-0.25, -0.2) is 4.98 Å². The van der Waals surface area contributed by atoms with Crippen LogP contribution < -0.4 is 0 Å². The van der Waals surface area contributed by atoms with Crippen molar-refractivity contribution in [2.24, 2.45) is 7.05 Å². The van der Waals surface area contributed by atoms with E-state index in [9.17, 15) is 0 Å². The minimum Gasteiger partial charge on any atom is -0.337 e. The fourth-order valence-corrected chi connectivity index (χ4v) is 2.83. The molecule has 0 aliphatic carbocycles. The Hall–Kier alpha value is -1.62. The highest BCUT2D eigenvalue weighted by molar-refractivity contribution is 4.93. The molecule has 1 atom stereocenters. The van der Waals surface area contributed by atoms with E-state index in [1.807, 2.05) is 35.5 Å². The number of aromatic nitrogens is 4. The van der Waals surface area contributed by atoms with Crippen LogP contribution in [0.25, 0.3) is 0 Å². The Morgan fingerprint density at radius 2 is 2.21 bits per heavy atom. The van der Waals surface area contributed by atoms with Crippen molar-refractivity contribution in [2.45, 2.75) is 38.4 Å². The fraction of sp³-hybridized carbons (Fsp3) is 0.571. The highest BCUT2D eigenvalue weighted by Crippen LogP contribution is 2.20. The van der Waals surface area contributed by atoms with E-state index in [4.69, 9.17) is 0 Å². The largest absolute Gasteiger partial charge is 0.337 e. The van der Waals surface area contributed by atoms with Crippen LogP contribution in [0, 0.1) is 0 Å². The lowest BCUT2D eigenvalue weighted by Gasteiger charge is -2.35. The van der Waals surface area contributed by atoms with Gasteiger partial charge in [0.2, 0.25) is 0 Å². The fourth-order valence-electron chi connectivity index (χ4n) is 2.83.